The van der Waals surface area contributed by atoms with E-state index < -0.39 is 5.54 Å². The molecule has 0 aliphatic rings. The number of hydrogen-bond donors (Lipinski definition) is 2. The summed E-state index contributed by atoms with van der Waals surface area (Å²) in [6.45, 7) is 5.91. The second-order valence-corrected chi connectivity index (χ2v) is 5.13. The SMILES string of the molecule is CCCCc1ccc(NC(=O)C(C)(C)NC)cc1. The van der Waals surface area contributed by atoms with Crippen LogP contribution in [0.1, 0.15) is 39.2 Å². The molecule has 100 valence electrons. The Kier molecular flexibility index (Phi) is 5.35. The summed E-state index contributed by atoms with van der Waals surface area (Å²) in [4.78, 5) is 11.9. The van der Waals surface area contributed by atoms with Crippen LogP contribution in [0, 0.1) is 0 Å². The van der Waals surface area contributed by atoms with Gasteiger partial charge in [0.05, 0.1) is 5.54 Å². The largest absolute Gasteiger partial charge is 0.325 e. The van der Waals surface area contributed by atoms with E-state index in [0.29, 0.717) is 0 Å². The third-order valence-electron chi connectivity index (χ3n) is 3.22. The molecule has 3 nitrogen and oxygen atoms in total. The number of carbonyl (C=O) groups is 1. The molecule has 0 unspecified atom stereocenters. The van der Waals surface area contributed by atoms with Crippen molar-refractivity contribution in [3.63, 3.8) is 0 Å². The van der Waals surface area contributed by atoms with Gasteiger partial charge in [-0.25, -0.2) is 0 Å². The maximum absolute atomic E-state index is 11.9. The van der Waals surface area contributed by atoms with Gasteiger partial charge in [-0.15, -0.1) is 0 Å². The van der Waals surface area contributed by atoms with E-state index in [0.717, 1.165) is 12.1 Å². The molecule has 2 N–H and O–H groups in total. The van der Waals surface area contributed by atoms with Crippen molar-refractivity contribution in [2.45, 2.75) is 45.6 Å². The summed E-state index contributed by atoms with van der Waals surface area (Å²) in [7, 11) is 1.79. The van der Waals surface area contributed by atoms with Crippen LogP contribution in [0.25, 0.3) is 0 Å². The van der Waals surface area contributed by atoms with Crippen LogP contribution < -0.4 is 10.6 Å². The smallest absolute Gasteiger partial charge is 0.244 e. The van der Waals surface area contributed by atoms with E-state index in [2.05, 4.69) is 29.7 Å². The lowest BCUT2D eigenvalue weighted by atomic mass is 10.0. The first-order valence-corrected chi connectivity index (χ1v) is 6.59. The molecule has 0 saturated carbocycles. The fourth-order valence-corrected chi connectivity index (χ4v) is 1.54. The maximum Gasteiger partial charge on any atom is 0.244 e. The zero-order valence-corrected chi connectivity index (χ0v) is 11.8. The number of benzene rings is 1. The first-order chi connectivity index (χ1) is 8.49. The average Bonchev–Trinajstić information content (AvgIpc) is 2.37. The van der Waals surface area contributed by atoms with E-state index in [1.165, 1.54) is 18.4 Å². The van der Waals surface area contributed by atoms with Crippen LogP contribution in [0.2, 0.25) is 0 Å². The highest BCUT2D eigenvalue weighted by Crippen LogP contribution is 2.13. The van der Waals surface area contributed by atoms with E-state index in [4.69, 9.17) is 0 Å². The highest BCUT2D eigenvalue weighted by molar-refractivity contribution is 5.97. The molecule has 0 radical (unpaired) electrons. The molecule has 0 saturated heterocycles. The van der Waals surface area contributed by atoms with Gasteiger partial charge in [0.25, 0.3) is 0 Å². The molecular formula is C15H24N2O. The Morgan fingerprint density at radius 3 is 2.33 bits per heavy atom. The summed E-state index contributed by atoms with van der Waals surface area (Å²) in [5.74, 6) is -0.0219. The Morgan fingerprint density at radius 2 is 1.83 bits per heavy atom. The number of amides is 1. The lowest BCUT2D eigenvalue weighted by Crippen LogP contribution is -2.47. The molecule has 0 heterocycles. The number of carbonyl (C=O) groups excluding carboxylic acids is 1. The van der Waals surface area contributed by atoms with Crippen LogP contribution in [-0.4, -0.2) is 18.5 Å². The van der Waals surface area contributed by atoms with Crippen LogP contribution >= 0.6 is 0 Å². The number of likely N-dealkylation sites (N-methyl/N-ethyl adjacent to an activating group) is 1. The quantitative estimate of drug-likeness (QED) is 0.812. The van der Waals surface area contributed by atoms with Crippen LogP contribution in [0.5, 0.6) is 0 Å². The standard InChI is InChI=1S/C15H24N2O/c1-5-6-7-12-8-10-13(11-9-12)17-14(18)15(2,3)16-4/h8-11,16H,5-7H2,1-4H3,(H,17,18). The summed E-state index contributed by atoms with van der Waals surface area (Å²) < 4.78 is 0. The van der Waals surface area contributed by atoms with Crippen molar-refractivity contribution in [1.29, 1.82) is 0 Å². The van der Waals surface area contributed by atoms with Gasteiger partial charge in [0.2, 0.25) is 5.91 Å². The molecule has 0 spiro atoms. The van der Waals surface area contributed by atoms with Crippen molar-refractivity contribution in [3.8, 4) is 0 Å². The summed E-state index contributed by atoms with van der Waals surface area (Å²) in [5.41, 5.74) is 1.62. The predicted molar refractivity (Wildman–Crippen MR) is 76.8 cm³/mol. The van der Waals surface area contributed by atoms with Gasteiger partial charge < -0.3 is 10.6 Å². The molecule has 1 rings (SSSR count). The van der Waals surface area contributed by atoms with E-state index in [-0.39, 0.29) is 5.91 Å². The molecule has 0 bridgehead atoms. The molecule has 0 fully saturated rings. The van der Waals surface area contributed by atoms with Crippen LogP contribution in [0.3, 0.4) is 0 Å². The number of anilines is 1. The normalized spacial score (nSPS) is 11.3. The Hall–Kier alpha value is -1.35. The fourth-order valence-electron chi connectivity index (χ4n) is 1.54. The van der Waals surface area contributed by atoms with E-state index >= 15 is 0 Å². The number of unbranched alkanes of at least 4 members (excludes halogenated alkanes) is 1. The lowest BCUT2D eigenvalue weighted by Gasteiger charge is -2.22. The van der Waals surface area contributed by atoms with Crippen LogP contribution in [0.4, 0.5) is 5.69 Å². The molecule has 1 amide bonds. The average molecular weight is 248 g/mol. The van der Waals surface area contributed by atoms with Crippen molar-refractivity contribution >= 4 is 11.6 Å². The fraction of sp³-hybridized carbons (Fsp3) is 0.533. The van der Waals surface area contributed by atoms with Crippen molar-refractivity contribution in [2.24, 2.45) is 0 Å². The molecule has 3 heteroatoms. The highest BCUT2D eigenvalue weighted by atomic mass is 16.2. The van der Waals surface area contributed by atoms with Crippen molar-refractivity contribution in [1.82, 2.24) is 5.32 Å². The third kappa shape index (κ3) is 4.15. The van der Waals surface area contributed by atoms with Gasteiger partial charge in [0.1, 0.15) is 0 Å². The lowest BCUT2D eigenvalue weighted by molar-refractivity contribution is -0.121. The minimum Gasteiger partial charge on any atom is -0.325 e. The number of nitrogens with one attached hydrogen (secondary N) is 2. The molecule has 1 aromatic rings. The topological polar surface area (TPSA) is 41.1 Å². The van der Waals surface area contributed by atoms with Gasteiger partial charge in [-0.1, -0.05) is 25.5 Å². The van der Waals surface area contributed by atoms with E-state index in [9.17, 15) is 4.79 Å². The van der Waals surface area contributed by atoms with E-state index in [1.54, 1.807) is 7.05 Å². The summed E-state index contributed by atoms with van der Waals surface area (Å²) in [6, 6.07) is 8.10. The monoisotopic (exact) mass is 248 g/mol. The summed E-state index contributed by atoms with van der Waals surface area (Å²) in [5, 5.41) is 5.90. The summed E-state index contributed by atoms with van der Waals surface area (Å²) in [6.07, 6.45) is 3.51. The van der Waals surface area contributed by atoms with Crippen molar-refractivity contribution in [2.75, 3.05) is 12.4 Å². The second-order valence-electron chi connectivity index (χ2n) is 5.13. The Labute approximate surface area is 110 Å². The van der Waals surface area contributed by atoms with Crippen molar-refractivity contribution in [3.05, 3.63) is 29.8 Å². The first kappa shape index (κ1) is 14.7. The minimum atomic E-state index is -0.555. The Balaban J connectivity index is 2.61. The molecule has 18 heavy (non-hydrogen) atoms. The Bertz CT molecular complexity index is 382. The van der Waals surface area contributed by atoms with Crippen LogP contribution in [-0.2, 0) is 11.2 Å². The van der Waals surface area contributed by atoms with Gasteiger partial charge in [-0.3, -0.25) is 4.79 Å². The zero-order chi connectivity index (χ0) is 13.6. The molecule has 0 aromatic heterocycles. The third-order valence-corrected chi connectivity index (χ3v) is 3.22. The second kappa shape index (κ2) is 6.55. The highest BCUT2D eigenvalue weighted by Gasteiger charge is 2.24. The predicted octanol–water partition coefficient (Wildman–Crippen LogP) is 2.97. The van der Waals surface area contributed by atoms with Gasteiger partial charge in [-0.2, -0.15) is 0 Å². The number of hydrogen-bond acceptors (Lipinski definition) is 2. The van der Waals surface area contributed by atoms with Gasteiger partial charge in [0.15, 0.2) is 0 Å². The molecular weight excluding hydrogens is 224 g/mol. The Morgan fingerprint density at radius 1 is 1.22 bits per heavy atom. The molecule has 0 atom stereocenters. The number of rotatable bonds is 6. The van der Waals surface area contributed by atoms with Crippen LogP contribution in [0.15, 0.2) is 24.3 Å². The first-order valence-electron chi connectivity index (χ1n) is 6.59. The van der Waals surface area contributed by atoms with Crippen molar-refractivity contribution < 1.29 is 4.79 Å². The minimum absolute atomic E-state index is 0.0219. The maximum atomic E-state index is 11.9. The summed E-state index contributed by atoms with van der Waals surface area (Å²) >= 11 is 0. The number of aryl methyl sites for hydroxylation is 1. The van der Waals surface area contributed by atoms with Gasteiger partial charge in [0, 0.05) is 5.69 Å². The molecule has 0 aliphatic carbocycles. The molecule has 0 aliphatic heterocycles. The van der Waals surface area contributed by atoms with Gasteiger partial charge >= 0.3 is 0 Å². The van der Waals surface area contributed by atoms with Gasteiger partial charge in [-0.05, 0) is 51.4 Å². The zero-order valence-electron chi connectivity index (χ0n) is 11.8. The molecule has 1 aromatic carbocycles. The van der Waals surface area contributed by atoms with E-state index in [1.807, 2.05) is 26.0 Å².